The maximum atomic E-state index is 12.3. The Labute approximate surface area is 145 Å². The van der Waals surface area contributed by atoms with Gasteiger partial charge in [0.1, 0.15) is 5.75 Å². The van der Waals surface area contributed by atoms with Crippen molar-refractivity contribution in [3.63, 3.8) is 0 Å². The summed E-state index contributed by atoms with van der Waals surface area (Å²) in [6.07, 6.45) is 2.14. The first kappa shape index (κ1) is 16.5. The summed E-state index contributed by atoms with van der Waals surface area (Å²) in [6.45, 7) is 2.18. The Bertz CT molecular complexity index is 736. The van der Waals surface area contributed by atoms with E-state index in [1.165, 1.54) is 11.8 Å². The molecule has 1 aliphatic heterocycles. The van der Waals surface area contributed by atoms with E-state index in [2.05, 4.69) is 4.98 Å². The smallest absolute Gasteiger partial charge is 0.227 e. The Morgan fingerprint density at radius 1 is 1.33 bits per heavy atom. The number of anilines is 1. The fraction of sp³-hybridized carbons (Fsp3) is 0.278. The lowest BCUT2D eigenvalue weighted by atomic mass is 10.1. The van der Waals surface area contributed by atoms with Crippen LogP contribution < -0.4 is 9.64 Å². The number of aromatic nitrogens is 1. The second-order valence-electron chi connectivity index (χ2n) is 5.64. The number of hydrogen-bond acceptors (Lipinski definition) is 5. The van der Waals surface area contributed by atoms with Gasteiger partial charge >= 0.3 is 0 Å². The summed E-state index contributed by atoms with van der Waals surface area (Å²) >= 11 is 1.28. The van der Waals surface area contributed by atoms with Gasteiger partial charge in [0.2, 0.25) is 11.8 Å². The Morgan fingerprint density at radius 2 is 2.21 bits per heavy atom. The molecule has 2 heterocycles. The van der Waals surface area contributed by atoms with Crippen molar-refractivity contribution >= 4 is 28.5 Å². The van der Waals surface area contributed by atoms with E-state index in [4.69, 9.17) is 4.74 Å². The highest BCUT2D eigenvalue weighted by Crippen LogP contribution is 2.30. The van der Waals surface area contributed by atoms with Crippen LogP contribution >= 0.6 is 11.8 Å². The number of benzene rings is 1. The molecule has 124 valence electrons. The lowest BCUT2D eigenvalue weighted by Gasteiger charge is -2.17. The third-order valence-electron chi connectivity index (χ3n) is 3.72. The molecule has 1 unspecified atom stereocenters. The molecular formula is C18H18N2O3S. The van der Waals surface area contributed by atoms with Crippen molar-refractivity contribution in [1.82, 2.24) is 4.98 Å². The number of ether oxygens (including phenoxy) is 1. The Kier molecular flexibility index (Phi) is 5.15. The van der Waals surface area contributed by atoms with Crippen molar-refractivity contribution in [2.75, 3.05) is 17.2 Å². The molecule has 0 spiro atoms. The summed E-state index contributed by atoms with van der Waals surface area (Å²) < 4.78 is 5.72. The van der Waals surface area contributed by atoms with E-state index in [-0.39, 0.29) is 16.9 Å². The summed E-state index contributed by atoms with van der Waals surface area (Å²) in [5.74, 6) is 2.12. The van der Waals surface area contributed by atoms with Crippen LogP contribution in [0.15, 0.2) is 48.7 Å². The van der Waals surface area contributed by atoms with Crippen LogP contribution in [0.25, 0.3) is 0 Å². The van der Waals surface area contributed by atoms with Crippen LogP contribution in [0.5, 0.6) is 11.6 Å². The minimum atomic E-state index is 0.0825. The Balaban J connectivity index is 1.69. The highest BCUT2D eigenvalue weighted by molar-refractivity contribution is 8.13. The quantitative estimate of drug-likeness (QED) is 0.832. The minimum absolute atomic E-state index is 0.0825. The van der Waals surface area contributed by atoms with Crippen molar-refractivity contribution in [1.29, 1.82) is 0 Å². The van der Waals surface area contributed by atoms with Gasteiger partial charge in [0, 0.05) is 49.7 Å². The largest absolute Gasteiger partial charge is 0.439 e. The number of rotatable bonds is 5. The van der Waals surface area contributed by atoms with Crippen LogP contribution in [-0.2, 0) is 9.59 Å². The van der Waals surface area contributed by atoms with Crippen LogP contribution in [-0.4, -0.2) is 28.3 Å². The first-order valence-corrected chi connectivity index (χ1v) is 8.73. The van der Waals surface area contributed by atoms with Crippen molar-refractivity contribution < 1.29 is 14.3 Å². The van der Waals surface area contributed by atoms with Crippen molar-refractivity contribution in [3.8, 4) is 11.6 Å². The summed E-state index contributed by atoms with van der Waals surface area (Å²) in [4.78, 5) is 29.3. The fourth-order valence-electron chi connectivity index (χ4n) is 2.62. The molecule has 0 aliphatic carbocycles. The minimum Gasteiger partial charge on any atom is -0.439 e. The van der Waals surface area contributed by atoms with Crippen LogP contribution in [0.1, 0.15) is 13.3 Å². The molecule has 1 aromatic carbocycles. The number of pyridine rings is 1. The van der Waals surface area contributed by atoms with E-state index < -0.39 is 0 Å². The van der Waals surface area contributed by atoms with Gasteiger partial charge in [0.25, 0.3) is 0 Å². The third-order valence-corrected chi connectivity index (χ3v) is 4.76. The highest BCUT2D eigenvalue weighted by Gasteiger charge is 2.30. The van der Waals surface area contributed by atoms with Gasteiger partial charge in [0.05, 0.1) is 0 Å². The maximum absolute atomic E-state index is 12.3. The average molecular weight is 342 g/mol. The average Bonchev–Trinajstić information content (AvgIpc) is 2.95. The summed E-state index contributed by atoms with van der Waals surface area (Å²) in [5, 5.41) is 0.0895. The SMILES string of the molecule is CC(=O)SCC1CC(=O)N(c2cccc(Oc3ccccn3)c2)C1. The van der Waals surface area contributed by atoms with Gasteiger partial charge in [-0.1, -0.05) is 23.9 Å². The topological polar surface area (TPSA) is 59.5 Å². The molecular weight excluding hydrogens is 324 g/mol. The van der Waals surface area contributed by atoms with Crippen molar-refractivity contribution in [2.24, 2.45) is 5.92 Å². The molecule has 5 nitrogen and oxygen atoms in total. The van der Waals surface area contributed by atoms with Gasteiger partial charge < -0.3 is 9.64 Å². The van der Waals surface area contributed by atoms with Gasteiger partial charge in [0.15, 0.2) is 5.12 Å². The molecule has 1 fully saturated rings. The maximum Gasteiger partial charge on any atom is 0.227 e. The van der Waals surface area contributed by atoms with E-state index in [9.17, 15) is 9.59 Å². The zero-order valence-corrected chi connectivity index (χ0v) is 14.2. The monoisotopic (exact) mass is 342 g/mol. The van der Waals surface area contributed by atoms with Gasteiger partial charge in [-0.2, -0.15) is 0 Å². The number of carbonyl (C=O) groups excluding carboxylic acids is 2. The van der Waals surface area contributed by atoms with E-state index >= 15 is 0 Å². The number of hydrogen-bond donors (Lipinski definition) is 0. The summed E-state index contributed by atoms with van der Waals surface area (Å²) in [5.41, 5.74) is 0.809. The fourth-order valence-corrected chi connectivity index (χ4v) is 3.31. The van der Waals surface area contributed by atoms with Crippen molar-refractivity contribution in [2.45, 2.75) is 13.3 Å². The van der Waals surface area contributed by atoms with Gasteiger partial charge in [-0.15, -0.1) is 0 Å². The van der Waals surface area contributed by atoms with Gasteiger partial charge in [-0.25, -0.2) is 4.98 Å². The number of carbonyl (C=O) groups is 2. The lowest BCUT2D eigenvalue weighted by Crippen LogP contribution is -2.24. The first-order chi connectivity index (χ1) is 11.6. The summed E-state index contributed by atoms with van der Waals surface area (Å²) in [7, 11) is 0. The molecule has 0 radical (unpaired) electrons. The van der Waals surface area contributed by atoms with Crippen LogP contribution in [0.4, 0.5) is 5.69 Å². The molecule has 0 N–H and O–H groups in total. The van der Waals surface area contributed by atoms with E-state index in [1.54, 1.807) is 24.1 Å². The normalized spacial score (nSPS) is 17.1. The number of thioether (sulfide) groups is 1. The molecule has 24 heavy (non-hydrogen) atoms. The predicted octanol–water partition coefficient (Wildman–Crippen LogP) is 3.51. The third kappa shape index (κ3) is 4.14. The highest BCUT2D eigenvalue weighted by atomic mass is 32.2. The molecule has 0 saturated carbocycles. The molecule has 6 heteroatoms. The van der Waals surface area contributed by atoms with E-state index in [1.807, 2.05) is 36.4 Å². The number of amides is 1. The zero-order valence-electron chi connectivity index (χ0n) is 13.3. The molecule has 2 aromatic rings. The predicted molar refractivity (Wildman–Crippen MR) is 94.4 cm³/mol. The van der Waals surface area contributed by atoms with Gasteiger partial charge in [-0.3, -0.25) is 9.59 Å². The van der Waals surface area contributed by atoms with Crippen molar-refractivity contribution in [3.05, 3.63) is 48.7 Å². The number of nitrogens with zero attached hydrogens (tertiary/aromatic N) is 2. The van der Waals surface area contributed by atoms with E-state index in [0.717, 1.165) is 5.69 Å². The molecule has 1 amide bonds. The molecule has 1 aromatic heterocycles. The van der Waals surface area contributed by atoms with E-state index in [0.29, 0.717) is 30.3 Å². The molecule has 1 saturated heterocycles. The van der Waals surface area contributed by atoms with Crippen LogP contribution in [0, 0.1) is 5.92 Å². The Hall–Kier alpha value is -2.34. The molecule has 1 aliphatic rings. The molecule has 3 rings (SSSR count). The lowest BCUT2D eigenvalue weighted by molar-refractivity contribution is -0.117. The molecule has 1 atom stereocenters. The van der Waals surface area contributed by atoms with Crippen LogP contribution in [0.3, 0.4) is 0 Å². The first-order valence-electron chi connectivity index (χ1n) is 7.74. The van der Waals surface area contributed by atoms with Gasteiger partial charge in [-0.05, 0) is 24.1 Å². The summed E-state index contributed by atoms with van der Waals surface area (Å²) in [6, 6.07) is 12.9. The second kappa shape index (κ2) is 7.49. The van der Waals surface area contributed by atoms with Crippen LogP contribution in [0.2, 0.25) is 0 Å². The standard InChI is InChI=1S/C18H18N2O3S/c1-13(21)24-12-14-9-18(22)20(11-14)15-5-4-6-16(10-15)23-17-7-2-3-8-19-17/h2-8,10,14H,9,11-12H2,1H3. The second-order valence-corrected chi connectivity index (χ2v) is 6.84. The zero-order chi connectivity index (χ0) is 16.9. The molecule has 0 bridgehead atoms. The Morgan fingerprint density at radius 3 is 2.96 bits per heavy atom.